The van der Waals surface area contributed by atoms with Crippen LogP contribution in [0.2, 0.25) is 0 Å². The topological polar surface area (TPSA) is 9.23 Å². The van der Waals surface area contributed by atoms with Crippen LogP contribution in [0.1, 0.15) is 16.7 Å². The van der Waals surface area contributed by atoms with Gasteiger partial charge in [0.1, 0.15) is 5.75 Å². The van der Waals surface area contributed by atoms with Crippen molar-refractivity contribution in [3.8, 4) is 5.75 Å². The number of halogens is 3. The van der Waals surface area contributed by atoms with E-state index in [2.05, 4.69) is 12.6 Å². The molecule has 106 valence electrons. The minimum Gasteiger partial charge on any atom is -0.497 e. The highest BCUT2D eigenvalue weighted by molar-refractivity contribution is 7.80. The summed E-state index contributed by atoms with van der Waals surface area (Å²) in [4.78, 5) is 0.343. The molecule has 1 nitrogen and oxygen atoms in total. The van der Waals surface area contributed by atoms with Gasteiger partial charge in [-0.3, -0.25) is 0 Å². The van der Waals surface area contributed by atoms with Gasteiger partial charge in [-0.05, 0) is 41.8 Å². The fraction of sp³-hybridized carbons (Fsp3) is 0.200. The molecule has 0 bridgehead atoms. The molecule has 0 fully saturated rings. The van der Waals surface area contributed by atoms with Crippen LogP contribution in [0.15, 0.2) is 47.4 Å². The molecule has 0 amide bonds. The Hall–Kier alpha value is -1.62. The molecule has 0 spiro atoms. The maximum atomic E-state index is 12.6. The molecule has 0 saturated carbocycles. The Morgan fingerprint density at radius 3 is 2.20 bits per heavy atom. The number of thiol groups is 1. The summed E-state index contributed by atoms with van der Waals surface area (Å²) in [6, 6.07) is 11.0. The molecule has 0 atom stereocenters. The van der Waals surface area contributed by atoms with Crippen molar-refractivity contribution in [2.75, 3.05) is 7.11 Å². The van der Waals surface area contributed by atoms with E-state index in [0.29, 0.717) is 11.3 Å². The van der Waals surface area contributed by atoms with Crippen molar-refractivity contribution in [2.45, 2.75) is 17.5 Å². The lowest BCUT2D eigenvalue weighted by Crippen LogP contribution is -2.05. The summed E-state index contributed by atoms with van der Waals surface area (Å²) in [6.07, 6.45) is -3.81. The van der Waals surface area contributed by atoms with Gasteiger partial charge < -0.3 is 4.74 Å². The molecule has 0 aliphatic heterocycles. The number of benzene rings is 2. The van der Waals surface area contributed by atoms with E-state index in [4.69, 9.17) is 4.74 Å². The predicted octanol–water partition coefficient (Wildman–Crippen LogP) is 4.59. The number of hydrogen-bond donors (Lipinski definition) is 1. The summed E-state index contributed by atoms with van der Waals surface area (Å²) < 4.78 is 42.7. The fourth-order valence-electron chi connectivity index (χ4n) is 1.85. The van der Waals surface area contributed by atoms with Gasteiger partial charge in [0.15, 0.2) is 0 Å². The van der Waals surface area contributed by atoms with Crippen molar-refractivity contribution < 1.29 is 17.9 Å². The van der Waals surface area contributed by atoms with E-state index in [-0.39, 0.29) is 0 Å². The summed E-state index contributed by atoms with van der Waals surface area (Å²) >= 11 is 4.14. The summed E-state index contributed by atoms with van der Waals surface area (Å²) in [5.74, 6) is 0.743. The lowest BCUT2D eigenvalue weighted by atomic mass is 10.0. The minimum absolute atomic E-state index is 0.343. The van der Waals surface area contributed by atoms with Gasteiger partial charge in [0.2, 0.25) is 0 Å². The standard InChI is InChI=1S/C15H13F3OS/c1-19-13-6-2-10(3-7-13)8-11-4-5-12(9-14(11)20)15(16,17)18/h2-7,9,20H,8H2,1H3. The first-order valence-electron chi connectivity index (χ1n) is 5.92. The Labute approximate surface area is 120 Å². The van der Waals surface area contributed by atoms with Crippen LogP contribution in [-0.2, 0) is 12.6 Å². The van der Waals surface area contributed by atoms with Crippen LogP contribution in [0.25, 0.3) is 0 Å². The zero-order valence-corrected chi connectivity index (χ0v) is 11.6. The molecule has 0 aliphatic carbocycles. The van der Waals surface area contributed by atoms with Crippen molar-refractivity contribution in [3.05, 3.63) is 59.2 Å². The van der Waals surface area contributed by atoms with E-state index < -0.39 is 11.7 Å². The van der Waals surface area contributed by atoms with Gasteiger partial charge in [-0.1, -0.05) is 18.2 Å². The molecule has 0 radical (unpaired) electrons. The summed E-state index contributed by atoms with van der Waals surface area (Å²) in [6.45, 7) is 0. The average Bonchev–Trinajstić information content (AvgIpc) is 2.41. The van der Waals surface area contributed by atoms with E-state index in [1.54, 1.807) is 7.11 Å². The smallest absolute Gasteiger partial charge is 0.416 e. The molecule has 0 N–H and O–H groups in total. The van der Waals surface area contributed by atoms with Crippen LogP contribution in [-0.4, -0.2) is 7.11 Å². The lowest BCUT2D eigenvalue weighted by molar-refractivity contribution is -0.137. The van der Waals surface area contributed by atoms with Crippen LogP contribution in [0.3, 0.4) is 0 Å². The third-order valence-corrected chi connectivity index (χ3v) is 3.38. The largest absolute Gasteiger partial charge is 0.497 e. The second-order valence-corrected chi connectivity index (χ2v) is 4.85. The van der Waals surface area contributed by atoms with Crippen LogP contribution >= 0.6 is 12.6 Å². The number of methoxy groups -OCH3 is 1. The Kier molecular flexibility index (Phi) is 4.28. The van der Waals surface area contributed by atoms with E-state index >= 15 is 0 Å². The molecular weight excluding hydrogens is 285 g/mol. The first kappa shape index (κ1) is 14.8. The van der Waals surface area contributed by atoms with Crippen molar-refractivity contribution in [1.29, 1.82) is 0 Å². The van der Waals surface area contributed by atoms with Crippen molar-refractivity contribution in [3.63, 3.8) is 0 Å². The average molecular weight is 298 g/mol. The molecule has 0 saturated heterocycles. The highest BCUT2D eigenvalue weighted by Crippen LogP contribution is 2.32. The third kappa shape index (κ3) is 3.48. The second-order valence-electron chi connectivity index (χ2n) is 4.37. The molecule has 5 heteroatoms. The lowest BCUT2D eigenvalue weighted by Gasteiger charge is -2.11. The van der Waals surface area contributed by atoms with Gasteiger partial charge in [0.05, 0.1) is 12.7 Å². The van der Waals surface area contributed by atoms with Gasteiger partial charge in [-0.15, -0.1) is 12.6 Å². The molecule has 0 unspecified atom stereocenters. The summed E-state index contributed by atoms with van der Waals surface area (Å²) in [5.41, 5.74) is 1.06. The first-order chi connectivity index (χ1) is 9.40. The molecule has 20 heavy (non-hydrogen) atoms. The molecule has 2 rings (SSSR count). The van der Waals surface area contributed by atoms with Crippen molar-refractivity contribution in [2.24, 2.45) is 0 Å². The monoisotopic (exact) mass is 298 g/mol. The van der Waals surface area contributed by atoms with E-state index in [9.17, 15) is 13.2 Å². The highest BCUT2D eigenvalue weighted by atomic mass is 32.1. The van der Waals surface area contributed by atoms with Gasteiger partial charge in [-0.25, -0.2) is 0 Å². The molecule has 2 aromatic carbocycles. The van der Waals surface area contributed by atoms with Gasteiger partial charge in [0.25, 0.3) is 0 Å². The minimum atomic E-state index is -4.34. The molecule has 0 aliphatic rings. The zero-order chi connectivity index (χ0) is 14.8. The third-order valence-electron chi connectivity index (χ3n) is 2.97. The maximum absolute atomic E-state index is 12.6. The van der Waals surface area contributed by atoms with Crippen molar-refractivity contribution in [1.82, 2.24) is 0 Å². The van der Waals surface area contributed by atoms with Crippen molar-refractivity contribution >= 4 is 12.6 Å². The molecule has 0 heterocycles. The maximum Gasteiger partial charge on any atom is 0.416 e. The van der Waals surface area contributed by atoms with E-state index in [1.807, 2.05) is 24.3 Å². The van der Waals surface area contributed by atoms with E-state index in [1.165, 1.54) is 6.07 Å². The second kappa shape index (κ2) is 5.79. The molecular formula is C15H13F3OS. The summed E-state index contributed by atoms with van der Waals surface area (Å²) in [5, 5.41) is 0. The quantitative estimate of drug-likeness (QED) is 0.815. The normalized spacial score (nSPS) is 11.4. The van der Waals surface area contributed by atoms with Gasteiger partial charge in [0, 0.05) is 4.90 Å². The van der Waals surface area contributed by atoms with Gasteiger partial charge in [-0.2, -0.15) is 13.2 Å². The fourth-order valence-corrected chi connectivity index (χ4v) is 2.15. The van der Waals surface area contributed by atoms with Crippen LogP contribution in [0.4, 0.5) is 13.2 Å². The Bertz CT molecular complexity index is 591. The SMILES string of the molecule is COc1ccc(Cc2ccc(C(F)(F)F)cc2S)cc1. The number of rotatable bonds is 3. The molecule has 0 aromatic heterocycles. The number of hydrogen-bond acceptors (Lipinski definition) is 2. The number of ether oxygens (including phenoxy) is 1. The Morgan fingerprint density at radius 2 is 1.70 bits per heavy atom. The van der Waals surface area contributed by atoms with Crippen LogP contribution in [0, 0.1) is 0 Å². The first-order valence-corrected chi connectivity index (χ1v) is 6.37. The van der Waals surface area contributed by atoms with Gasteiger partial charge >= 0.3 is 6.18 Å². The van der Waals surface area contributed by atoms with Crippen LogP contribution < -0.4 is 4.74 Å². The molecule has 2 aromatic rings. The Morgan fingerprint density at radius 1 is 1.05 bits per heavy atom. The van der Waals surface area contributed by atoms with E-state index in [0.717, 1.165) is 29.0 Å². The zero-order valence-electron chi connectivity index (χ0n) is 10.7. The Balaban J connectivity index is 2.21. The number of alkyl halides is 3. The summed E-state index contributed by atoms with van der Waals surface area (Å²) in [7, 11) is 1.58. The highest BCUT2D eigenvalue weighted by Gasteiger charge is 2.30. The predicted molar refractivity (Wildman–Crippen MR) is 74.5 cm³/mol. The van der Waals surface area contributed by atoms with Crippen LogP contribution in [0.5, 0.6) is 5.75 Å².